The Bertz CT molecular complexity index is 2720. The molecule has 51 heavy (non-hydrogen) atoms. The molecule has 10 rings (SSSR count). The highest BCUT2D eigenvalue weighted by atomic mass is 32.1. The Morgan fingerprint density at radius 2 is 1.06 bits per heavy atom. The molecule has 2 atom stereocenters. The number of allylic oxidation sites excluding steroid dienone is 7. The van der Waals surface area contributed by atoms with E-state index in [1.54, 1.807) is 0 Å². The van der Waals surface area contributed by atoms with Crippen molar-refractivity contribution in [1.82, 2.24) is 0 Å². The Balaban J connectivity index is 1.28. The fourth-order valence-corrected chi connectivity index (χ4v) is 9.01. The molecule has 0 N–H and O–H groups in total. The zero-order chi connectivity index (χ0) is 33.7. The Morgan fingerprint density at radius 1 is 0.431 bits per heavy atom. The lowest BCUT2D eigenvalue weighted by Crippen LogP contribution is -2.21. The second-order valence-electron chi connectivity index (χ2n) is 13.4. The van der Waals surface area contributed by atoms with E-state index in [0.29, 0.717) is 11.8 Å². The summed E-state index contributed by atoms with van der Waals surface area (Å²) in [7, 11) is 0. The number of benzene rings is 7. The summed E-state index contributed by atoms with van der Waals surface area (Å²) >= 11 is 1.88. The summed E-state index contributed by atoms with van der Waals surface area (Å²) in [5.41, 5.74) is 6.85. The maximum Gasteiger partial charge on any atom is 0.0575 e. The van der Waals surface area contributed by atoms with Crippen LogP contribution in [0.15, 0.2) is 200 Å². The van der Waals surface area contributed by atoms with Crippen LogP contribution in [0.4, 0.5) is 28.4 Å². The van der Waals surface area contributed by atoms with Crippen molar-refractivity contribution < 1.29 is 0 Å². The Kier molecular flexibility index (Phi) is 7.18. The van der Waals surface area contributed by atoms with Crippen LogP contribution in [-0.2, 0) is 0 Å². The summed E-state index contributed by atoms with van der Waals surface area (Å²) in [4.78, 5) is 4.89. The Morgan fingerprint density at radius 3 is 1.80 bits per heavy atom. The predicted octanol–water partition coefficient (Wildman–Crippen LogP) is 13.8. The lowest BCUT2D eigenvalue weighted by atomic mass is 9.84. The Hall–Kier alpha value is -6.16. The molecule has 0 saturated heterocycles. The predicted molar refractivity (Wildman–Crippen MR) is 220 cm³/mol. The minimum absolute atomic E-state index is 0.307. The molecule has 3 heteroatoms. The molecule has 2 aliphatic carbocycles. The van der Waals surface area contributed by atoms with Gasteiger partial charge in [0.15, 0.2) is 0 Å². The van der Waals surface area contributed by atoms with Gasteiger partial charge in [-0.3, -0.25) is 0 Å². The molecule has 8 aromatic rings. The van der Waals surface area contributed by atoms with Gasteiger partial charge in [-0.1, -0.05) is 127 Å². The van der Waals surface area contributed by atoms with E-state index in [2.05, 4.69) is 204 Å². The molecule has 0 spiro atoms. The normalized spacial score (nSPS) is 16.5. The maximum atomic E-state index is 2.48. The molecule has 242 valence electrons. The SMILES string of the molecule is C1=CC2C=CC(N(c3ccccc3)c3cc(N(c4ccccc4)c4ccc5ccccc5c4)cc4sc5cc6ccccc6cc5c34)=CC2C=C1. The van der Waals surface area contributed by atoms with Crippen molar-refractivity contribution in [3.8, 4) is 0 Å². The fourth-order valence-electron chi connectivity index (χ4n) is 7.82. The molecule has 0 aliphatic heterocycles. The smallest absolute Gasteiger partial charge is 0.0575 e. The number of nitrogens with zero attached hydrogens (tertiary/aromatic N) is 2. The van der Waals surface area contributed by atoms with Crippen molar-refractivity contribution in [2.45, 2.75) is 0 Å². The third kappa shape index (κ3) is 5.26. The summed E-state index contributed by atoms with van der Waals surface area (Å²) in [5, 5.41) is 7.53. The van der Waals surface area contributed by atoms with Crippen LogP contribution in [0, 0.1) is 11.8 Å². The van der Waals surface area contributed by atoms with Crippen molar-refractivity contribution in [3.63, 3.8) is 0 Å². The second kappa shape index (κ2) is 12.3. The van der Waals surface area contributed by atoms with Gasteiger partial charge >= 0.3 is 0 Å². The Labute approximate surface area is 301 Å². The van der Waals surface area contributed by atoms with Crippen molar-refractivity contribution in [2.75, 3.05) is 9.80 Å². The van der Waals surface area contributed by atoms with Crippen LogP contribution in [0.1, 0.15) is 0 Å². The summed E-state index contributed by atoms with van der Waals surface area (Å²) in [6.45, 7) is 0. The van der Waals surface area contributed by atoms with Crippen molar-refractivity contribution in [3.05, 3.63) is 200 Å². The maximum absolute atomic E-state index is 2.48. The number of rotatable bonds is 6. The van der Waals surface area contributed by atoms with Gasteiger partial charge in [0.2, 0.25) is 0 Å². The van der Waals surface area contributed by atoms with Gasteiger partial charge < -0.3 is 9.80 Å². The van der Waals surface area contributed by atoms with E-state index in [1.807, 2.05) is 11.3 Å². The molecule has 0 bridgehead atoms. The van der Waals surface area contributed by atoms with Gasteiger partial charge in [-0.25, -0.2) is 0 Å². The van der Waals surface area contributed by atoms with Gasteiger partial charge in [-0.2, -0.15) is 0 Å². The fraction of sp³-hybridized carbons (Fsp3) is 0.0417. The summed E-state index contributed by atoms with van der Waals surface area (Å²) in [5.74, 6) is 0.680. The highest BCUT2D eigenvalue weighted by Gasteiger charge is 2.26. The summed E-state index contributed by atoms with van der Waals surface area (Å²) in [6.07, 6.45) is 16.1. The first-order valence-corrected chi connectivity index (χ1v) is 18.4. The lowest BCUT2D eigenvalue weighted by Gasteiger charge is -2.33. The highest BCUT2D eigenvalue weighted by Crippen LogP contribution is 2.49. The van der Waals surface area contributed by atoms with Gasteiger partial charge in [0.1, 0.15) is 0 Å². The molecule has 0 saturated carbocycles. The molecular weight excluding hydrogens is 637 g/mol. The van der Waals surface area contributed by atoms with Crippen molar-refractivity contribution in [1.29, 1.82) is 0 Å². The molecule has 1 aromatic heterocycles. The third-order valence-electron chi connectivity index (χ3n) is 10.3. The van der Waals surface area contributed by atoms with Gasteiger partial charge in [0.05, 0.1) is 5.69 Å². The molecule has 2 unspecified atom stereocenters. The topological polar surface area (TPSA) is 6.48 Å². The molecule has 1 heterocycles. The van der Waals surface area contributed by atoms with E-state index in [4.69, 9.17) is 0 Å². The van der Waals surface area contributed by atoms with E-state index in [-0.39, 0.29) is 0 Å². The molecule has 0 amide bonds. The summed E-state index contributed by atoms with van der Waals surface area (Å²) in [6, 6.07) is 55.3. The average Bonchev–Trinajstić information content (AvgIpc) is 3.55. The lowest BCUT2D eigenvalue weighted by molar-refractivity contribution is 0.653. The number of fused-ring (bicyclic) bond motifs is 6. The average molecular weight is 671 g/mol. The van der Waals surface area contributed by atoms with Crippen LogP contribution in [-0.4, -0.2) is 0 Å². The number of hydrogen-bond acceptors (Lipinski definition) is 3. The standard InChI is InChI=1S/C48H34N2S/c1-3-19-39(20-4-1)49(41-25-23-33-13-7-9-15-35(33)27-41)43-31-45(48-44-29-37-17-11-12-18-38(37)30-46(44)51-47(48)32-43)50(40-21-5-2-6-22-40)42-26-24-34-14-8-10-16-36(34)28-42/h1-32,34,36H. The minimum atomic E-state index is 0.307. The van der Waals surface area contributed by atoms with Crippen LogP contribution >= 0.6 is 11.3 Å². The van der Waals surface area contributed by atoms with Gasteiger partial charge in [-0.05, 0) is 88.3 Å². The number of thiophene rings is 1. The first kappa shape index (κ1) is 29.7. The quantitative estimate of drug-likeness (QED) is 0.174. The zero-order valence-corrected chi connectivity index (χ0v) is 28.7. The third-order valence-corrected chi connectivity index (χ3v) is 11.4. The molecule has 0 fully saturated rings. The monoisotopic (exact) mass is 670 g/mol. The molecule has 7 aromatic carbocycles. The highest BCUT2D eigenvalue weighted by molar-refractivity contribution is 7.26. The zero-order valence-electron chi connectivity index (χ0n) is 27.9. The number of anilines is 5. The number of para-hydroxylation sites is 2. The van der Waals surface area contributed by atoms with Crippen LogP contribution in [0.2, 0.25) is 0 Å². The molecule has 0 radical (unpaired) electrons. The minimum Gasteiger partial charge on any atom is -0.310 e. The van der Waals surface area contributed by atoms with E-state index in [1.165, 1.54) is 53.1 Å². The number of hydrogen-bond donors (Lipinski definition) is 0. The van der Waals surface area contributed by atoms with E-state index >= 15 is 0 Å². The van der Waals surface area contributed by atoms with Crippen LogP contribution in [0.5, 0.6) is 0 Å². The van der Waals surface area contributed by atoms with Crippen molar-refractivity contribution in [2.24, 2.45) is 11.8 Å². The second-order valence-corrected chi connectivity index (χ2v) is 14.5. The van der Waals surface area contributed by atoms with Gasteiger partial charge in [0.25, 0.3) is 0 Å². The molecule has 2 aliphatic rings. The van der Waals surface area contributed by atoms with Gasteiger partial charge in [0, 0.05) is 60.5 Å². The first-order valence-electron chi connectivity index (χ1n) is 17.6. The van der Waals surface area contributed by atoms with E-state index in [9.17, 15) is 0 Å². The largest absolute Gasteiger partial charge is 0.310 e. The van der Waals surface area contributed by atoms with Crippen molar-refractivity contribution >= 4 is 81.5 Å². The molecule has 2 nitrogen and oxygen atoms in total. The first-order chi connectivity index (χ1) is 25.3. The molecular formula is C48H34N2S. The summed E-state index contributed by atoms with van der Waals surface area (Å²) < 4.78 is 2.55. The van der Waals surface area contributed by atoms with E-state index in [0.717, 1.165) is 22.7 Å². The van der Waals surface area contributed by atoms with E-state index < -0.39 is 0 Å². The van der Waals surface area contributed by atoms with Crippen LogP contribution < -0.4 is 9.80 Å². The van der Waals surface area contributed by atoms with Crippen LogP contribution in [0.3, 0.4) is 0 Å². The van der Waals surface area contributed by atoms with Gasteiger partial charge in [-0.15, -0.1) is 11.3 Å². The van der Waals surface area contributed by atoms with Crippen LogP contribution in [0.25, 0.3) is 41.7 Å².